The van der Waals surface area contributed by atoms with Crippen LogP contribution in [0, 0.1) is 11.2 Å². The van der Waals surface area contributed by atoms with E-state index in [1.165, 1.54) is 6.07 Å². The summed E-state index contributed by atoms with van der Waals surface area (Å²) in [5.41, 5.74) is 1.60. The second-order valence-corrected chi connectivity index (χ2v) is 7.20. The standard InChI is InChI=1S/C22H29FO4/c1-6-22(2,3)21(27-12-11-25-4)19-13-15(24)7-9-17(19)18-14-16(26-5)8-10-20(18)23/h7-10,13-14,21,24H,6,11-12H2,1-5H3. The maximum Gasteiger partial charge on any atom is 0.131 e. The van der Waals surface area contributed by atoms with E-state index in [-0.39, 0.29) is 23.1 Å². The van der Waals surface area contributed by atoms with Gasteiger partial charge in [0.25, 0.3) is 0 Å². The molecule has 0 aliphatic carbocycles. The van der Waals surface area contributed by atoms with E-state index >= 15 is 0 Å². The van der Waals surface area contributed by atoms with Crippen LogP contribution in [-0.4, -0.2) is 32.5 Å². The largest absolute Gasteiger partial charge is 0.508 e. The van der Waals surface area contributed by atoms with Gasteiger partial charge in [-0.1, -0.05) is 26.8 Å². The molecule has 148 valence electrons. The van der Waals surface area contributed by atoms with Crippen LogP contribution in [0.15, 0.2) is 36.4 Å². The van der Waals surface area contributed by atoms with Crippen LogP contribution in [0.1, 0.15) is 38.9 Å². The molecule has 0 amide bonds. The summed E-state index contributed by atoms with van der Waals surface area (Å²) in [6.45, 7) is 7.14. The third-order valence-electron chi connectivity index (χ3n) is 4.97. The lowest BCUT2D eigenvalue weighted by molar-refractivity contribution is -0.0471. The van der Waals surface area contributed by atoms with E-state index in [9.17, 15) is 9.50 Å². The highest BCUT2D eigenvalue weighted by Crippen LogP contribution is 2.44. The second-order valence-electron chi connectivity index (χ2n) is 7.20. The van der Waals surface area contributed by atoms with Crippen molar-refractivity contribution in [3.05, 3.63) is 47.8 Å². The van der Waals surface area contributed by atoms with Crippen LogP contribution in [-0.2, 0) is 9.47 Å². The minimum atomic E-state index is -0.354. The monoisotopic (exact) mass is 376 g/mol. The number of ether oxygens (including phenoxy) is 3. The van der Waals surface area contributed by atoms with Crippen LogP contribution in [0.3, 0.4) is 0 Å². The summed E-state index contributed by atoms with van der Waals surface area (Å²) in [5.74, 6) is 0.328. The predicted molar refractivity (Wildman–Crippen MR) is 105 cm³/mol. The van der Waals surface area contributed by atoms with Crippen molar-refractivity contribution in [1.29, 1.82) is 0 Å². The number of halogens is 1. The fourth-order valence-corrected chi connectivity index (χ4v) is 3.02. The van der Waals surface area contributed by atoms with E-state index in [0.717, 1.165) is 12.0 Å². The summed E-state index contributed by atoms with van der Waals surface area (Å²) >= 11 is 0. The number of phenolic OH excluding ortho intramolecular Hbond substituents is 1. The second kappa shape index (κ2) is 9.20. The van der Waals surface area contributed by atoms with Crippen LogP contribution >= 0.6 is 0 Å². The van der Waals surface area contributed by atoms with Crippen LogP contribution in [0.5, 0.6) is 11.5 Å². The van der Waals surface area contributed by atoms with Crippen molar-refractivity contribution in [3.8, 4) is 22.6 Å². The first-order valence-corrected chi connectivity index (χ1v) is 9.11. The molecule has 0 bridgehead atoms. The van der Waals surface area contributed by atoms with Crippen molar-refractivity contribution in [2.75, 3.05) is 27.4 Å². The number of phenols is 1. The lowest BCUT2D eigenvalue weighted by Crippen LogP contribution is -2.26. The van der Waals surface area contributed by atoms with Gasteiger partial charge in [0, 0.05) is 12.7 Å². The van der Waals surface area contributed by atoms with Crippen molar-refractivity contribution in [2.45, 2.75) is 33.3 Å². The average molecular weight is 376 g/mol. The molecule has 0 saturated heterocycles. The van der Waals surface area contributed by atoms with Gasteiger partial charge in [0.15, 0.2) is 0 Å². The third kappa shape index (κ3) is 4.99. The molecule has 0 spiro atoms. The average Bonchev–Trinajstić information content (AvgIpc) is 2.66. The molecule has 0 aromatic heterocycles. The highest BCUT2D eigenvalue weighted by molar-refractivity contribution is 5.71. The molecule has 2 aromatic carbocycles. The highest BCUT2D eigenvalue weighted by atomic mass is 19.1. The number of hydrogen-bond acceptors (Lipinski definition) is 4. The Kier molecular flexibility index (Phi) is 7.22. The summed E-state index contributed by atoms with van der Waals surface area (Å²) in [7, 11) is 3.17. The summed E-state index contributed by atoms with van der Waals surface area (Å²) in [5, 5.41) is 10.1. The quantitative estimate of drug-likeness (QED) is 0.600. The summed E-state index contributed by atoms with van der Waals surface area (Å²) in [6.07, 6.45) is 0.505. The number of rotatable bonds is 9. The molecule has 1 unspecified atom stereocenters. The molecule has 4 nitrogen and oxygen atoms in total. The molecule has 2 aromatic rings. The number of aromatic hydroxyl groups is 1. The molecule has 27 heavy (non-hydrogen) atoms. The number of methoxy groups -OCH3 is 2. The lowest BCUT2D eigenvalue weighted by Gasteiger charge is -2.35. The summed E-state index contributed by atoms with van der Waals surface area (Å²) in [6, 6.07) is 9.57. The molecule has 0 aliphatic rings. The fraction of sp³-hybridized carbons (Fsp3) is 0.455. The Balaban J connectivity index is 2.61. The number of hydrogen-bond donors (Lipinski definition) is 1. The van der Waals surface area contributed by atoms with Crippen molar-refractivity contribution < 1.29 is 23.7 Å². The smallest absolute Gasteiger partial charge is 0.131 e. The van der Waals surface area contributed by atoms with Gasteiger partial charge in [0.2, 0.25) is 0 Å². The Labute approximate surface area is 160 Å². The fourth-order valence-electron chi connectivity index (χ4n) is 3.02. The van der Waals surface area contributed by atoms with E-state index in [2.05, 4.69) is 20.8 Å². The molecule has 0 radical (unpaired) electrons. The Morgan fingerprint density at radius 1 is 1.04 bits per heavy atom. The van der Waals surface area contributed by atoms with Gasteiger partial charge in [0.05, 0.1) is 26.4 Å². The number of benzene rings is 2. The molecular formula is C22H29FO4. The van der Waals surface area contributed by atoms with Crippen LogP contribution in [0.4, 0.5) is 4.39 Å². The highest BCUT2D eigenvalue weighted by Gasteiger charge is 2.32. The molecule has 1 atom stereocenters. The van der Waals surface area contributed by atoms with Crippen LogP contribution in [0.2, 0.25) is 0 Å². The SMILES string of the molecule is CCC(C)(C)C(OCCOC)c1cc(O)ccc1-c1cc(OC)ccc1F. The zero-order valence-electron chi connectivity index (χ0n) is 16.7. The minimum absolute atomic E-state index is 0.115. The Morgan fingerprint density at radius 2 is 1.78 bits per heavy atom. The van der Waals surface area contributed by atoms with Crippen LogP contribution < -0.4 is 4.74 Å². The normalized spacial score (nSPS) is 12.8. The summed E-state index contributed by atoms with van der Waals surface area (Å²) in [4.78, 5) is 0. The first kappa shape index (κ1) is 21.2. The first-order chi connectivity index (χ1) is 12.8. The van der Waals surface area contributed by atoms with Crippen molar-refractivity contribution in [2.24, 2.45) is 5.41 Å². The van der Waals surface area contributed by atoms with E-state index in [1.807, 2.05) is 0 Å². The van der Waals surface area contributed by atoms with Gasteiger partial charge in [-0.15, -0.1) is 0 Å². The van der Waals surface area contributed by atoms with E-state index in [4.69, 9.17) is 14.2 Å². The zero-order chi connectivity index (χ0) is 20.0. The Morgan fingerprint density at radius 3 is 2.41 bits per heavy atom. The van der Waals surface area contributed by atoms with Crippen molar-refractivity contribution in [3.63, 3.8) is 0 Å². The molecule has 2 rings (SSSR count). The van der Waals surface area contributed by atoms with E-state index < -0.39 is 0 Å². The molecule has 5 heteroatoms. The van der Waals surface area contributed by atoms with Gasteiger partial charge in [0.1, 0.15) is 17.3 Å². The van der Waals surface area contributed by atoms with Gasteiger partial charge < -0.3 is 19.3 Å². The minimum Gasteiger partial charge on any atom is -0.508 e. The third-order valence-corrected chi connectivity index (χ3v) is 4.97. The molecule has 0 aliphatic heterocycles. The maximum absolute atomic E-state index is 14.6. The Bertz CT molecular complexity index is 758. The first-order valence-electron chi connectivity index (χ1n) is 9.11. The predicted octanol–water partition coefficient (Wildman–Crippen LogP) is 5.35. The van der Waals surface area contributed by atoms with Gasteiger partial charge >= 0.3 is 0 Å². The molecule has 1 N–H and O–H groups in total. The van der Waals surface area contributed by atoms with Crippen LogP contribution in [0.25, 0.3) is 11.1 Å². The zero-order valence-corrected chi connectivity index (χ0v) is 16.7. The van der Waals surface area contributed by atoms with E-state index in [1.54, 1.807) is 44.6 Å². The van der Waals surface area contributed by atoms with Gasteiger partial charge in [-0.05, 0) is 53.3 Å². The molecular weight excluding hydrogens is 347 g/mol. The van der Waals surface area contributed by atoms with Crippen molar-refractivity contribution in [1.82, 2.24) is 0 Å². The molecule has 0 fully saturated rings. The Hall–Kier alpha value is -2.11. The van der Waals surface area contributed by atoms with Gasteiger partial charge in [-0.25, -0.2) is 4.39 Å². The molecule has 0 heterocycles. The van der Waals surface area contributed by atoms with E-state index in [0.29, 0.717) is 30.1 Å². The summed E-state index contributed by atoms with van der Waals surface area (Å²) < 4.78 is 31.2. The van der Waals surface area contributed by atoms with Gasteiger partial charge in [-0.2, -0.15) is 0 Å². The molecule has 0 saturated carbocycles. The van der Waals surface area contributed by atoms with Crippen molar-refractivity contribution >= 4 is 0 Å². The maximum atomic E-state index is 14.6. The topological polar surface area (TPSA) is 47.9 Å². The van der Waals surface area contributed by atoms with Gasteiger partial charge in [-0.3, -0.25) is 0 Å². The lowest BCUT2D eigenvalue weighted by atomic mass is 9.78.